The van der Waals surface area contributed by atoms with Crippen LogP contribution in [0.15, 0.2) is 94.8 Å². The number of amides is 1. The van der Waals surface area contributed by atoms with E-state index in [0.717, 1.165) is 38.6 Å². The Bertz CT molecular complexity index is 1470. The summed E-state index contributed by atoms with van der Waals surface area (Å²) in [5.74, 6) is -0.0940. The van der Waals surface area contributed by atoms with Crippen LogP contribution < -0.4 is 16.4 Å². The molecular weight excluding hydrogens is 436 g/mol. The minimum absolute atomic E-state index is 0.0940. The van der Waals surface area contributed by atoms with Crippen molar-refractivity contribution in [1.82, 2.24) is 15.5 Å². The summed E-state index contributed by atoms with van der Waals surface area (Å²) in [6, 6.07) is 22.2. The first-order chi connectivity index (χ1) is 17.0. The second-order valence-corrected chi connectivity index (χ2v) is 9.00. The summed E-state index contributed by atoms with van der Waals surface area (Å²) >= 11 is 0. The molecule has 0 saturated carbocycles. The number of rotatable bonds is 6. The summed E-state index contributed by atoms with van der Waals surface area (Å²) in [4.78, 5) is 15.4. The van der Waals surface area contributed by atoms with Gasteiger partial charge in [0.15, 0.2) is 0 Å². The summed E-state index contributed by atoms with van der Waals surface area (Å²) in [6.45, 7) is 6.32. The number of furan rings is 1. The molecule has 2 atom stereocenters. The summed E-state index contributed by atoms with van der Waals surface area (Å²) in [7, 11) is 0. The summed E-state index contributed by atoms with van der Waals surface area (Å²) in [6.07, 6.45) is 3.32. The predicted molar refractivity (Wildman–Crippen MR) is 140 cm³/mol. The lowest BCUT2D eigenvalue weighted by atomic mass is 10.0. The monoisotopic (exact) mass is 466 g/mol. The molecule has 4 aromatic rings. The third kappa shape index (κ3) is 4.23. The van der Waals surface area contributed by atoms with Gasteiger partial charge in [-0.2, -0.15) is 0 Å². The molecule has 0 bridgehead atoms. The molecule has 35 heavy (non-hydrogen) atoms. The van der Waals surface area contributed by atoms with Gasteiger partial charge in [-0.1, -0.05) is 54.6 Å². The number of hydrogen-bond acceptors (Lipinski definition) is 5. The van der Waals surface area contributed by atoms with E-state index in [4.69, 9.17) is 10.2 Å². The molecule has 0 fully saturated rings. The Morgan fingerprint density at radius 2 is 1.86 bits per heavy atom. The molecule has 1 aliphatic heterocycles. The fourth-order valence-corrected chi connectivity index (χ4v) is 4.62. The number of nitrogens with one attached hydrogen (secondary N) is 2. The Kier molecular flexibility index (Phi) is 5.95. The maximum Gasteiger partial charge on any atom is 0.273 e. The van der Waals surface area contributed by atoms with E-state index >= 15 is 0 Å². The number of carbonyl (C=O) groups is 1. The van der Waals surface area contributed by atoms with Gasteiger partial charge in [0.25, 0.3) is 5.91 Å². The lowest BCUT2D eigenvalue weighted by Crippen LogP contribution is -2.49. The van der Waals surface area contributed by atoms with Crippen molar-refractivity contribution >= 4 is 27.8 Å². The summed E-state index contributed by atoms with van der Waals surface area (Å²) in [5.41, 5.74) is 12.3. The molecule has 0 radical (unpaired) electrons. The molecule has 2 heterocycles. The maximum absolute atomic E-state index is 13.6. The molecule has 5 rings (SSSR count). The highest BCUT2D eigenvalue weighted by atomic mass is 16.3. The Morgan fingerprint density at radius 1 is 1.11 bits per heavy atom. The van der Waals surface area contributed by atoms with E-state index in [1.807, 2.05) is 74.5 Å². The number of hydrogen-bond donors (Lipinski definition) is 3. The molecular formula is C29H30N4O2. The zero-order chi connectivity index (χ0) is 24.5. The lowest BCUT2D eigenvalue weighted by Gasteiger charge is -2.38. The molecule has 1 aromatic heterocycles. The van der Waals surface area contributed by atoms with Crippen molar-refractivity contribution in [3.05, 3.63) is 107 Å². The summed E-state index contributed by atoms with van der Waals surface area (Å²) in [5, 5.41) is 8.99. The molecule has 1 amide bonds. The Morgan fingerprint density at radius 3 is 2.66 bits per heavy atom. The first kappa shape index (κ1) is 22.6. The van der Waals surface area contributed by atoms with Gasteiger partial charge in [0.2, 0.25) is 0 Å². The first-order valence-electron chi connectivity index (χ1n) is 11.9. The number of para-hydroxylation sites is 1. The van der Waals surface area contributed by atoms with E-state index in [2.05, 4.69) is 29.7 Å². The van der Waals surface area contributed by atoms with Crippen LogP contribution >= 0.6 is 0 Å². The van der Waals surface area contributed by atoms with Crippen molar-refractivity contribution in [1.29, 1.82) is 0 Å². The molecule has 178 valence electrons. The average molecular weight is 467 g/mol. The second-order valence-electron chi connectivity index (χ2n) is 9.00. The van der Waals surface area contributed by atoms with Crippen molar-refractivity contribution in [3.8, 4) is 0 Å². The zero-order valence-corrected chi connectivity index (χ0v) is 20.2. The van der Waals surface area contributed by atoms with Crippen molar-refractivity contribution in [2.45, 2.75) is 33.0 Å². The highest BCUT2D eigenvalue weighted by molar-refractivity contribution is 6.05. The number of nitrogens with zero attached hydrogens (tertiary/aromatic N) is 1. The smallest absolute Gasteiger partial charge is 0.273 e. The fourth-order valence-electron chi connectivity index (χ4n) is 4.62. The van der Waals surface area contributed by atoms with Crippen LogP contribution in [0, 0.1) is 6.92 Å². The Hall–Kier alpha value is -4.19. The van der Waals surface area contributed by atoms with Crippen LogP contribution in [0.2, 0.25) is 0 Å². The molecule has 0 aliphatic carbocycles. The van der Waals surface area contributed by atoms with Gasteiger partial charge in [-0.25, -0.2) is 0 Å². The van der Waals surface area contributed by atoms with Gasteiger partial charge in [-0.05, 0) is 55.7 Å². The quantitative estimate of drug-likeness (QED) is 0.355. The van der Waals surface area contributed by atoms with Crippen LogP contribution in [0.4, 0.5) is 0 Å². The van der Waals surface area contributed by atoms with Gasteiger partial charge in [0.1, 0.15) is 23.0 Å². The van der Waals surface area contributed by atoms with Gasteiger partial charge >= 0.3 is 0 Å². The standard InChI is InChI=1S/C29H30N4O2/c1-4-21(30)17-33-28(22-10-6-5-9-18(22)2)31-16-25(29(33)34)32-19(3)20-13-14-27-24(15-20)23-11-7-8-12-26(23)35-27/h4-16,19,28,31-32H,17,30H2,1-3H3/b21-4-/t19-,28?/m1/s1. The second kappa shape index (κ2) is 9.22. The van der Waals surface area contributed by atoms with E-state index in [1.54, 1.807) is 11.1 Å². The SMILES string of the molecule is C/C=C(\N)CN1C(=O)C(N[C@H](C)c2ccc3oc4ccccc4c3c2)=CNC1c1ccccc1C. The topological polar surface area (TPSA) is 83.5 Å². The highest BCUT2D eigenvalue weighted by Gasteiger charge is 2.32. The molecule has 1 unspecified atom stereocenters. The van der Waals surface area contributed by atoms with E-state index in [1.165, 1.54) is 0 Å². The molecule has 3 aromatic carbocycles. The van der Waals surface area contributed by atoms with Crippen molar-refractivity contribution in [2.24, 2.45) is 5.73 Å². The van der Waals surface area contributed by atoms with Gasteiger partial charge in [-0.3, -0.25) is 4.79 Å². The van der Waals surface area contributed by atoms with Crippen LogP contribution in [0.5, 0.6) is 0 Å². The van der Waals surface area contributed by atoms with Crippen molar-refractivity contribution in [3.63, 3.8) is 0 Å². The molecule has 0 saturated heterocycles. The third-order valence-electron chi connectivity index (χ3n) is 6.67. The largest absolute Gasteiger partial charge is 0.456 e. The Labute approximate surface area is 205 Å². The molecule has 4 N–H and O–H groups in total. The fraction of sp³-hybridized carbons (Fsp3) is 0.207. The van der Waals surface area contributed by atoms with Crippen molar-refractivity contribution in [2.75, 3.05) is 6.54 Å². The van der Waals surface area contributed by atoms with Gasteiger partial charge in [0.05, 0.1) is 6.54 Å². The number of benzene rings is 3. The molecule has 1 aliphatic rings. The van der Waals surface area contributed by atoms with E-state index in [-0.39, 0.29) is 18.1 Å². The van der Waals surface area contributed by atoms with E-state index < -0.39 is 0 Å². The third-order valence-corrected chi connectivity index (χ3v) is 6.67. The molecule has 6 heteroatoms. The highest BCUT2D eigenvalue weighted by Crippen LogP contribution is 2.31. The van der Waals surface area contributed by atoms with E-state index in [0.29, 0.717) is 17.9 Å². The van der Waals surface area contributed by atoms with Crippen LogP contribution in [-0.4, -0.2) is 17.4 Å². The maximum atomic E-state index is 13.6. The number of nitrogens with two attached hydrogens (primary N) is 1. The Balaban J connectivity index is 1.44. The van der Waals surface area contributed by atoms with Gasteiger partial charge in [0, 0.05) is 28.7 Å². The van der Waals surface area contributed by atoms with E-state index in [9.17, 15) is 4.79 Å². The van der Waals surface area contributed by atoms with Crippen molar-refractivity contribution < 1.29 is 9.21 Å². The number of carbonyl (C=O) groups excluding carboxylic acids is 1. The number of fused-ring (bicyclic) bond motifs is 3. The lowest BCUT2D eigenvalue weighted by molar-refractivity contribution is -0.131. The average Bonchev–Trinajstić information content (AvgIpc) is 3.25. The van der Waals surface area contributed by atoms with Crippen LogP contribution in [0.25, 0.3) is 21.9 Å². The molecule has 6 nitrogen and oxygen atoms in total. The summed E-state index contributed by atoms with van der Waals surface area (Å²) < 4.78 is 5.96. The minimum Gasteiger partial charge on any atom is -0.456 e. The molecule has 0 spiro atoms. The number of allylic oxidation sites excluding steroid dienone is 1. The van der Waals surface area contributed by atoms with Gasteiger partial charge < -0.3 is 25.7 Å². The van der Waals surface area contributed by atoms with Crippen LogP contribution in [0.3, 0.4) is 0 Å². The normalized spacial score (nSPS) is 17.4. The minimum atomic E-state index is -0.295. The van der Waals surface area contributed by atoms with Crippen LogP contribution in [-0.2, 0) is 4.79 Å². The number of aryl methyl sites for hydroxylation is 1. The predicted octanol–water partition coefficient (Wildman–Crippen LogP) is 5.38. The first-order valence-corrected chi connectivity index (χ1v) is 11.9. The van der Waals surface area contributed by atoms with Crippen LogP contribution in [0.1, 0.15) is 42.7 Å². The van der Waals surface area contributed by atoms with Gasteiger partial charge in [-0.15, -0.1) is 0 Å². The zero-order valence-electron chi connectivity index (χ0n) is 20.2.